The van der Waals surface area contributed by atoms with Crippen molar-refractivity contribution in [2.75, 3.05) is 0 Å². The van der Waals surface area contributed by atoms with Crippen LogP contribution in [0.1, 0.15) is 56.3 Å². The third kappa shape index (κ3) is 3.34. The molecule has 19 heavy (non-hydrogen) atoms. The second-order valence-electron chi connectivity index (χ2n) is 5.31. The van der Waals surface area contributed by atoms with Crippen LogP contribution in [0.25, 0.3) is 0 Å². The molecule has 0 N–H and O–H groups in total. The molecule has 1 saturated carbocycles. The minimum Gasteiger partial charge on any atom is -0.490 e. The molecule has 2 nitrogen and oxygen atoms in total. The lowest BCUT2D eigenvalue weighted by molar-refractivity contribution is 0.0899. The number of Topliss-reactive ketones (excluding diaryl/α,β-unsaturated/α-hetero) is 1. The van der Waals surface area contributed by atoms with Gasteiger partial charge in [0.05, 0.1) is 5.56 Å². The van der Waals surface area contributed by atoms with E-state index in [9.17, 15) is 9.18 Å². The molecule has 0 aliphatic heterocycles. The van der Waals surface area contributed by atoms with E-state index in [0.29, 0.717) is 11.7 Å². The van der Waals surface area contributed by atoms with Gasteiger partial charge in [-0.1, -0.05) is 13.3 Å². The molecule has 0 saturated heterocycles. The van der Waals surface area contributed by atoms with E-state index < -0.39 is 5.82 Å². The van der Waals surface area contributed by atoms with Gasteiger partial charge in [0, 0.05) is 6.07 Å². The predicted molar refractivity (Wildman–Crippen MR) is 73.1 cm³/mol. The number of carbonyl (C=O) groups is 1. The van der Waals surface area contributed by atoms with E-state index >= 15 is 0 Å². The second-order valence-corrected chi connectivity index (χ2v) is 5.31. The maximum atomic E-state index is 13.7. The van der Waals surface area contributed by atoms with E-state index in [4.69, 9.17) is 4.74 Å². The Morgan fingerprint density at radius 3 is 2.74 bits per heavy atom. The lowest BCUT2D eigenvalue weighted by Gasteiger charge is -2.31. The van der Waals surface area contributed by atoms with Crippen LogP contribution in [0.15, 0.2) is 18.2 Å². The first kappa shape index (κ1) is 14.0. The van der Waals surface area contributed by atoms with E-state index in [2.05, 4.69) is 6.92 Å². The summed E-state index contributed by atoms with van der Waals surface area (Å²) in [5.41, 5.74) is 0.128. The maximum absolute atomic E-state index is 13.7. The molecule has 1 aromatic rings. The average Bonchev–Trinajstić information content (AvgIpc) is 2.39. The van der Waals surface area contributed by atoms with Crippen LogP contribution >= 0.6 is 0 Å². The van der Waals surface area contributed by atoms with Crippen LogP contribution in [0.5, 0.6) is 5.75 Å². The Labute approximate surface area is 114 Å². The highest BCUT2D eigenvalue weighted by Crippen LogP contribution is 2.31. The number of halogens is 1. The van der Waals surface area contributed by atoms with Gasteiger partial charge in [0.2, 0.25) is 0 Å². The van der Waals surface area contributed by atoms with Crippen molar-refractivity contribution in [3.8, 4) is 5.75 Å². The zero-order valence-electron chi connectivity index (χ0n) is 11.6. The molecule has 0 spiro atoms. The molecular weight excluding hydrogens is 243 g/mol. The number of hydrogen-bond acceptors (Lipinski definition) is 2. The molecule has 2 unspecified atom stereocenters. The highest BCUT2D eigenvalue weighted by Gasteiger charge is 2.25. The monoisotopic (exact) mass is 264 g/mol. The summed E-state index contributed by atoms with van der Waals surface area (Å²) in [7, 11) is 0. The number of benzene rings is 1. The van der Waals surface area contributed by atoms with Gasteiger partial charge in [-0.2, -0.15) is 0 Å². The third-order valence-corrected chi connectivity index (χ3v) is 3.97. The van der Waals surface area contributed by atoms with Crippen LogP contribution in [-0.4, -0.2) is 11.9 Å². The summed E-state index contributed by atoms with van der Waals surface area (Å²) in [4.78, 5) is 11.2. The molecule has 0 amide bonds. The van der Waals surface area contributed by atoms with Crippen molar-refractivity contribution >= 4 is 5.78 Å². The molecule has 0 bridgehead atoms. The molecule has 104 valence electrons. The summed E-state index contributed by atoms with van der Waals surface area (Å²) < 4.78 is 19.7. The quantitative estimate of drug-likeness (QED) is 0.754. The molecule has 2 atom stereocenters. The van der Waals surface area contributed by atoms with Crippen molar-refractivity contribution < 1.29 is 13.9 Å². The number of rotatable bonds is 4. The normalized spacial score (nSPS) is 23.1. The minimum atomic E-state index is -0.492. The molecule has 1 aliphatic rings. The van der Waals surface area contributed by atoms with Crippen molar-refractivity contribution in [3.05, 3.63) is 29.6 Å². The summed E-state index contributed by atoms with van der Waals surface area (Å²) in [6, 6.07) is 4.54. The Balaban J connectivity index is 2.10. The summed E-state index contributed by atoms with van der Waals surface area (Å²) in [5.74, 6) is 0.346. The summed E-state index contributed by atoms with van der Waals surface area (Å²) in [6.07, 6.45) is 5.94. The van der Waals surface area contributed by atoms with E-state index in [0.717, 1.165) is 12.8 Å². The molecule has 1 fully saturated rings. The number of carbonyl (C=O) groups excluding carboxylic acids is 1. The Bertz CT molecular complexity index is 456. The molecule has 3 heteroatoms. The van der Waals surface area contributed by atoms with Crippen molar-refractivity contribution in [3.63, 3.8) is 0 Å². The lowest BCUT2D eigenvalue weighted by atomic mass is 9.85. The molecule has 0 radical (unpaired) electrons. The number of ketones is 1. The standard InChI is InChI=1S/C16H21FO2/c1-3-12-6-4-5-7-16(12)19-13-8-9-14(11(2)18)15(17)10-13/h8-10,12,16H,3-7H2,1-2H3. The Morgan fingerprint density at radius 2 is 2.11 bits per heavy atom. The van der Waals surface area contributed by atoms with Crippen LogP contribution in [0.2, 0.25) is 0 Å². The average molecular weight is 264 g/mol. The van der Waals surface area contributed by atoms with Crippen molar-refractivity contribution in [2.24, 2.45) is 5.92 Å². The molecule has 2 rings (SSSR count). The Kier molecular flexibility index (Phi) is 4.56. The summed E-state index contributed by atoms with van der Waals surface area (Å²) in [6.45, 7) is 3.54. The van der Waals surface area contributed by atoms with Crippen LogP contribution in [-0.2, 0) is 0 Å². The van der Waals surface area contributed by atoms with Gasteiger partial charge in [-0.3, -0.25) is 4.79 Å². The van der Waals surface area contributed by atoms with Crippen LogP contribution in [0.4, 0.5) is 4.39 Å². The smallest absolute Gasteiger partial charge is 0.162 e. The van der Waals surface area contributed by atoms with E-state index in [1.54, 1.807) is 6.07 Å². The lowest BCUT2D eigenvalue weighted by Crippen LogP contribution is -2.29. The van der Waals surface area contributed by atoms with Crippen LogP contribution < -0.4 is 4.74 Å². The van der Waals surface area contributed by atoms with E-state index in [1.165, 1.54) is 38.3 Å². The molecular formula is C16H21FO2. The van der Waals surface area contributed by atoms with Gasteiger partial charge in [0.15, 0.2) is 5.78 Å². The molecule has 1 aliphatic carbocycles. The maximum Gasteiger partial charge on any atom is 0.162 e. The molecule has 1 aromatic carbocycles. The Morgan fingerprint density at radius 1 is 1.37 bits per heavy atom. The first-order valence-electron chi connectivity index (χ1n) is 7.09. The zero-order chi connectivity index (χ0) is 13.8. The van der Waals surface area contributed by atoms with Gasteiger partial charge in [0.1, 0.15) is 17.7 Å². The second kappa shape index (κ2) is 6.18. The van der Waals surface area contributed by atoms with Gasteiger partial charge in [0.25, 0.3) is 0 Å². The highest BCUT2D eigenvalue weighted by atomic mass is 19.1. The SMILES string of the molecule is CCC1CCCCC1Oc1ccc(C(C)=O)c(F)c1. The van der Waals surface area contributed by atoms with Crippen molar-refractivity contribution in [2.45, 2.75) is 52.1 Å². The molecule has 0 heterocycles. The van der Waals surface area contributed by atoms with Crippen molar-refractivity contribution in [1.82, 2.24) is 0 Å². The first-order chi connectivity index (χ1) is 9.11. The summed E-state index contributed by atoms with van der Waals surface area (Å²) in [5, 5.41) is 0. The first-order valence-corrected chi connectivity index (χ1v) is 7.09. The Hall–Kier alpha value is -1.38. The third-order valence-electron chi connectivity index (χ3n) is 3.97. The predicted octanol–water partition coefficient (Wildman–Crippen LogP) is 4.38. The van der Waals surface area contributed by atoms with Crippen LogP contribution in [0, 0.1) is 11.7 Å². The van der Waals surface area contributed by atoms with Gasteiger partial charge >= 0.3 is 0 Å². The number of ether oxygens (including phenoxy) is 1. The van der Waals surface area contributed by atoms with Gasteiger partial charge in [-0.05, 0) is 50.7 Å². The summed E-state index contributed by atoms with van der Waals surface area (Å²) >= 11 is 0. The number of hydrogen-bond donors (Lipinski definition) is 0. The fourth-order valence-electron chi connectivity index (χ4n) is 2.83. The zero-order valence-corrected chi connectivity index (χ0v) is 11.6. The fraction of sp³-hybridized carbons (Fsp3) is 0.562. The molecule has 0 aromatic heterocycles. The van der Waals surface area contributed by atoms with Gasteiger partial charge in [-0.25, -0.2) is 4.39 Å². The van der Waals surface area contributed by atoms with Crippen molar-refractivity contribution in [1.29, 1.82) is 0 Å². The fourth-order valence-corrected chi connectivity index (χ4v) is 2.83. The van der Waals surface area contributed by atoms with E-state index in [1.807, 2.05) is 0 Å². The topological polar surface area (TPSA) is 26.3 Å². The van der Waals surface area contributed by atoms with Gasteiger partial charge < -0.3 is 4.74 Å². The highest BCUT2D eigenvalue weighted by molar-refractivity contribution is 5.94. The van der Waals surface area contributed by atoms with Gasteiger partial charge in [-0.15, -0.1) is 0 Å². The minimum absolute atomic E-state index is 0.128. The van der Waals surface area contributed by atoms with E-state index in [-0.39, 0.29) is 17.5 Å². The largest absolute Gasteiger partial charge is 0.490 e. The van der Waals surface area contributed by atoms with Crippen LogP contribution in [0.3, 0.4) is 0 Å².